The zero-order chi connectivity index (χ0) is 26.7. The third-order valence-corrected chi connectivity index (χ3v) is 7.42. The molecule has 37 heavy (non-hydrogen) atoms. The molecular formula is C31H41F3O3. The monoisotopic (exact) mass is 518 g/mol. The van der Waals surface area contributed by atoms with Crippen LogP contribution in [0.2, 0.25) is 0 Å². The molecule has 3 nitrogen and oxygen atoms in total. The van der Waals surface area contributed by atoms with Crippen molar-refractivity contribution in [1.29, 1.82) is 0 Å². The summed E-state index contributed by atoms with van der Waals surface area (Å²) in [6.45, 7) is 4.99. The van der Waals surface area contributed by atoms with E-state index in [0.717, 1.165) is 61.8 Å². The number of rotatable bonds is 13. The van der Waals surface area contributed by atoms with Crippen molar-refractivity contribution in [2.75, 3.05) is 6.61 Å². The molecule has 3 rings (SSSR count). The van der Waals surface area contributed by atoms with Crippen molar-refractivity contribution in [2.24, 2.45) is 11.8 Å². The fraction of sp³-hybridized carbons (Fsp3) is 0.581. The van der Waals surface area contributed by atoms with Crippen LogP contribution in [0.15, 0.2) is 48.5 Å². The normalized spacial score (nSPS) is 18.8. The summed E-state index contributed by atoms with van der Waals surface area (Å²) < 4.78 is 52.4. The topological polar surface area (TPSA) is 35.5 Å². The smallest absolute Gasteiger partial charge is 0.425 e. The molecule has 0 amide bonds. The average molecular weight is 519 g/mol. The van der Waals surface area contributed by atoms with Crippen molar-refractivity contribution in [1.82, 2.24) is 0 Å². The summed E-state index contributed by atoms with van der Waals surface area (Å²) in [6, 6.07) is 14.2. The van der Waals surface area contributed by atoms with Gasteiger partial charge >= 0.3 is 12.1 Å². The second-order valence-corrected chi connectivity index (χ2v) is 10.3. The Balaban J connectivity index is 1.56. The Hall–Kier alpha value is -2.50. The molecule has 2 aromatic carbocycles. The Morgan fingerprint density at radius 1 is 0.838 bits per heavy atom. The Kier molecular flexibility index (Phi) is 11.3. The summed E-state index contributed by atoms with van der Waals surface area (Å²) >= 11 is 0. The van der Waals surface area contributed by atoms with Gasteiger partial charge in [0, 0.05) is 5.92 Å². The van der Waals surface area contributed by atoms with Crippen LogP contribution in [0.4, 0.5) is 13.2 Å². The molecule has 0 bridgehead atoms. The Morgan fingerprint density at radius 2 is 1.43 bits per heavy atom. The second kappa shape index (κ2) is 14.4. The van der Waals surface area contributed by atoms with Crippen LogP contribution >= 0.6 is 0 Å². The van der Waals surface area contributed by atoms with Crippen LogP contribution in [-0.2, 0) is 4.74 Å². The van der Waals surface area contributed by atoms with Crippen LogP contribution in [0.3, 0.4) is 0 Å². The molecule has 1 unspecified atom stereocenters. The van der Waals surface area contributed by atoms with Crippen molar-refractivity contribution in [3.05, 3.63) is 54.1 Å². The van der Waals surface area contributed by atoms with E-state index in [4.69, 9.17) is 9.47 Å². The molecule has 0 saturated heterocycles. The van der Waals surface area contributed by atoms with Crippen molar-refractivity contribution >= 4 is 5.97 Å². The fourth-order valence-corrected chi connectivity index (χ4v) is 5.15. The van der Waals surface area contributed by atoms with Crippen LogP contribution in [0.25, 0.3) is 11.1 Å². The largest absolute Gasteiger partial charge is 0.494 e. The summed E-state index contributed by atoms with van der Waals surface area (Å²) in [7, 11) is 0. The van der Waals surface area contributed by atoms with Gasteiger partial charge in [0.1, 0.15) is 5.75 Å². The van der Waals surface area contributed by atoms with Crippen molar-refractivity contribution in [3.63, 3.8) is 0 Å². The second-order valence-electron chi connectivity index (χ2n) is 10.3. The summed E-state index contributed by atoms with van der Waals surface area (Å²) in [6.07, 6.45) is 3.68. The van der Waals surface area contributed by atoms with Gasteiger partial charge in [-0.25, -0.2) is 4.79 Å². The van der Waals surface area contributed by atoms with Crippen LogP contribution in [0, 0.1) is 11.8 Å². The van der Waals surface area contributed by atoms with Gasteiger partial charge in [0.2, 0.25) is 0 Å². The molecule has 2 aromatic rings. The number of halogens is 3. The number of esters is 1. The van der Waals surface area contributed by atoms with E-state index in [1.54, 1.807) is 12.1 Å². The third kappa shape index (κ3) is 9.08. The number of ether oxygens (including phenoxy) is 2. The molecule has 0 radical (unpaired) electrons. The van der Waals surface area contributed by atoms with Gasteiger partial charge in [-0.2, -0.15) is 13.2 Å². The standard InChI is InChI=1S/C31H41F3O3/c1-3-5-7-8-22-36-28-20-18-25(19-21-28)24-14-16-27(17-15-24)30(35)37-29(31(32,33)34)26-12-10-23(11-13-26)9-6-4-2/h14-21,23,26,29H,3-13,22H2,1-2H3. The molecule has 0 spiro atoms. The van der Waals surface area contributed by atoms with Crippen LogP contribution in [0.5, 0.6) is 5.75 Å². The maximum atomic E-state index is 13.8. The lowest BCUT2D eigenvalue weighted by molar-refractivity contribution is -0.223. The average Bonchev–Trinajstić information content (AvgIpc) is 2.90. The minimum absolute atomic E-state index is 0.127. The van der Waals surface area contributed by atoms with E-state index in [1.165, 1.54) is 25.0 Å². The van der Waals surface area contributed by atoms with Gasteiger partial charge in [-0.15, -0.1) is 0 Å². The third-order valence-electron chi connectivity index (χ3n) is 7.42. The van der Waals surface area contributed by atoms with Gasteiger partial charge in [0.25, 0.3) is 0 Å². The first-order chi connectivity index (χ1) is 17.8. The Morgan fingerprint density at radius 3 is 2.00 bits per heavy atom. The number of benzene rings is 2. The number of hydrogen-bond acceptors (Lipinski definition) is 3. The SMILES string of the molecule is CCCCCCOc1ccc(-c2ccc(C(=O)OC(C3CCC(CCCC)CC3)C(F)(F)F)cc2)cc1. The van der Waals surface area contributed by atoms with Gasteiger partial charge in [-0.3, -0.25) is 0 Å². The molecule has 6 heteroatoms. The van der Waals surface area contributed by atoms with Gasteiger partial charge in [-0.05, 0) is 60.6 Å². The maximum absolute atomic E-state index is 13.8. The number of carbonyl (C=O) groups is 1. The maximum Gasteiger partial charge on any atom is 0.425 e. The number of carbonyl (C=O) groups excluding carboxylic acids is 1. The van der Waals surface area contributed by atoms with E-state index in [2.05, 4.69) is 13.8 Å². The van der Waals surface area contributed by atoms with E-state index >= 15 is 0 Å². The Labute approximate surface area is 219 Å². The van der Waals surface area contributed by atoms with Gasteiger partial charge < -0.3 is 9.47 Å². The van der Waals surface area contributed by atoms with Crippen LogP contribution in [0.1, 0.15) is 94.8 Å². The highest BCUT2D eigenvalue weighted by Gasteiger charge is 2.48. The van der Waals surface area contributed by atoms with E-state index in [9.17, 15) is 18.0 Å². The minimum atomic E-state index is -4.57. The molecule has 1 aliphatic carbocycles. The van der Waals surface area contributed by atoms with Crippen molar-refractivity contribution < 1.29 is 27.4 Å². The zero-order valence-electron chi connectivity index (χ0n) is 22.2. The van der Waals surface area contributed by atoms with E-state index in [-0.39, 0.29) is 5.56 Å². The highest BCUT2D eigenvalue weighted by molar-refractivity contribution is 5.90. The molecule has 1 aliphatic rings. The molecule has 204 valence electrons. The first-order valence-electron chi connectivity index (χ1n) is 13.9. The fourth-order valence-electron chi connectivity index (χ4n) is 5.15. The number of unbranched alkanes of at least 4 members (excludes halogenated alkanes) is 4. The van der Waals surface area contributed by atoms with Crippen LogP contribution in [-0.4, -0.2) is 24.9 Å². The summed E-state index contributed by atoms with van der Waals surface area (Å²) in [5, 5.41) is 0. The molecule has 0 N–H and O–H groups in total. The first-order valence-corrected chi connectivity index (χ1v) is 13.9. The summed E-state index contributed by atoms with van der Waals surface area (Å²) in [5.41, 5.74) is 1.93. The molecule has 1 atom stereocenters. The lowest BCUT2D eigenvalue weighted by atomic mass is 9.77. The van der Waals surface area contributed by atoms with Crippen molar-refractivity contribution in [2.45, 2.75) is 96.8 Å². The van der Waals surface area contributed by atoms with Crippen molar-refractivity contribution in [3.8, 4) is 16.9 Å². The lowest BCUT2D eigenvalue weighted by Crippen LogP contribution is -2.41. The molecule has 1 fully saturated rings. The predicted octanol–water partition coefficient (Wildman–Crippen LogP) is 9.40. The van der Waals surface area contributed by atoms with E-state index < -0.39 is 24.2 Å². The lowest BCUT2D eigenvalue weighted by Gasteiger charge is -2.34. The summed E-state index contributed by atoms with van der Waals surface area (Å²) in [4.78, 5) is 12.7. The predicted molar refractivity (Wildman–Crippen MR) is 142 cm³/mol. The van der Waals surface area contributed by atoms with E-state index in [1.807, 2.05) is 24.3 Å². The molecule has 0 heterocycles. The quantitative estimate of drug-likeness (QED) is 0.196. The summed E-state index contributed by atoms with van der Waals surface area (Å²) in [5.74, 6) is -0.305. The molecule has 0 aliphatic heterocycles. The highest BCUT2D eigenvalue weighted by Crippen LogP contribution is 2.40. The first kappa shape index (κ1) is 29.1. The number of hydrogen-bond donors (Lipinski definition) is 0. The Bertz CT molecular complexity index is 930. The molecule has 0 aromatic heterocycles. The van der Waals surface area contributed by atoms with Crippen LogP contribution < -0.4 is 4.74 Å². The molecule has 1 saturated carbocycles. The van der Waals surface area contributed by atoms with E-state index in [0.29, 0.717) is 25.4 Å². The zero-order valence-corrected chi connectivity index (χ0v) is 22.2. The highest BCUT2D eigenvalue weighted by atomic mass is 19.4. The minimum Gasteiger partial charge on any atom is -0.494 e. The van der Waals surface area contributed by atoms with Gasteiger partial charge in [-0.1, -0.05) is 89.5 Å². The van der Waals surface area contributed by atoms with Gasteiger partial charge in [0.05, 0.1) is 12.2 Å². The number of alkyl halides is 3. The van der Waals surface area contributed by atoms with Gasteiger partial charge in [0.15, 0.2) is 6.10 Å². The molecular weight excluding hydrogens is 477 g/mol.